The molecule has 0 bridgehead atoms. The lowest BCUT2D eigenvalue weighted by molar-refractivity contribution is -0.123. The number of benzene rings is 2. The van der Waals surface area contributed by atoms with E-state index in [1.807, 2.05) is 42.5 Å². The number of nitrogens with one attached hydrogen (secondary N) is 1. The third-order valence-corrected chi connectivity index (χ3v) is 6.12. The molecule has 0 aromatic heterocycles. The number of amides is 1. The second-order valence-corrected chi connectivity index (χ2v) is 8.70. The second-order valence-electron chi connectivity index (χ2n) is 8.26. The average Bonchev–Trinajstić information content (AvgIpc) is 2.83. The van der Waals surface area contributed by atoms with Crippen LogP contribution in [-0.4, -0.2) is 38.0 Å². The van der Waals surface area contributed by atoms with Gasteiger partial charge in [0.15, 0.2) is 6.61 Å². The summed E-state index contributed by atoms with van der Waals surface area (Å²) in [6.07, 6.45) is 4.84. The quantitative estimate of drug-likeness (QED) is 0.593. The Morgan fingerprint density at radius 1 is 1.12 bits per heavy atom. The summed E-state index contributed by atoms with van der Waals surface area (Å²) >= 11 is 5.92. The van der Waals surface area contributed by atoms with Gasteiger partial charge in [0.25, 0.3) is 5.91 Å². The molecule has 6 nitrogen and oxygen atoms in total. The van der Waals surface area contributed by atoms with Crippen LogP contribution in [0.25, 0.3) is 0 Å². The minimum Gasteiger partial charge on any atom is -0.484 e. The third-order valence-electron chi connectivity index (χ3n) is 5.87. The first-order valence-electron chi connectivity index (χ1n) is 11.2. The van der Waals surface area contributed by atoms with Crippen molar-refractivity contribution in [3.8, 4) is 5.75 Å². The van der Waals surface area contributed by atoms with E-state index < -0.39 is 0 Å². The number of carbonyl (C=O) groups is 1. The summed E-state index contributed by atoms with van der Waals surface area (Å²) in [5.41, 5.74) is 4.23. The van der Waals surface area contributed by atoms with E-state index in [1.165, 1.54) is 5.56 Å². The van der Waals surface area contributed by atoms with E-state index in [0.717, 1.165) is 62.2 Å². The van der Waals surface area contributed by atoms with Gasteiger partial charge in [-0.2, -0.15) is 0 Å². The van der Waals surface area contributed by atoms with Gasteiger partial charge in [0.05, 0.1) is 5.71 Å². The molecule has 1 fully saturated rings. The Morgan fingerprint density at radius 3 is 2.75 bits per heavy atom. The van der Waals surface area contributed by atoms with E-state index in [1.54, 1.807) is 0 Å². The zero-order chi connectivity index (χ0) is 22.2. The highest BCUT2D eigenvalue weighted by atomic mass is 35.5. The summed E-state index contributed by atoms with van der Waals surface area (Å²) in [6.45, 7) is 2.67. The number of oxime groups is 1. The largest absolute Gasteiger partial charge is 0.484 e. The van der Waals surface area contributed by atoms with Crippen LogP contribution in [0.2, 0.25) is 5.02 Å². The average molecular weight is 457 g/mol. The van der Waals surface area contributed by atoms with Crippen LogP contribution < -0.4 is 10.1 Å². The SMILES string of the molecule is O=C(COc1ccc2c(c1)CCCC2=NOCc1ccc(Cl)cc1)NCC1CCOCC1. The fourth-order valence-corrected chi connectivity index (χ4v) is 4.12. The molecule has 1 heterocycles. The Bertz CT molecular complexity index is 939. The molecule has 2 aromatic carbocycles. The minimum absolute atomic E-state index is 0.0210. The monoisotopic (exact) mass is 456 g/mol. The van der Waals surface area contributed by atoms with Gasteiger partial charge >= 0.3 is 0 Å². The van der Waals surface area contributed by atoms with Crippen molar-refractivity contribution in [2.24, 2.45) is 11.1 Å². The first kappa shape index (κ1) is 22.6. The zero-order valence-corrected chi connectivity index (χ0v) is 18.9. The molecule has 2 aromatic rings. The first-order valence-corrected chi connectivity index (χ1v) is 11.6. The molecule has 1 aliphatic carbocycles. The predicted octanol–water partition coefficient (Wildman–Crippen LogP) is 4.52. The molecule has 4 rings (SSSR count). The zero-order valence-electron chi connectivity index (χ0n) is 18.1. The molecule has 32 heavy (non-hydrogen) atoms. The highest BCUT2D eigenvalue weighted by Crippen LogP contribution is 2.26. The van der Waals surface area contributed by atoms with Crippen LogP contribution >= 0.6 is 11.6 Å². The van der Waals surface area contributed by atoms with Crippen LogP contribution in [-0.2, 0) is 27.4 Å². The number of fused-ring (bicyclic) bond motifs is 1. The summed E-state index contributed by atoms with van der Waals surface area (Å²) in [4.78, 5) is 17.7. The van der Waals surface area contributed by atoms with Crippen molar-refractivity contribution in [1.82, 2.24) is 5.32 Å². The Labute approximate surface area is 193 Å². The number of aryl methyl sites for hydroxylation is 1. The van der Waals surface area contributed by atoms with Gasteiger partial charge in [0, 0.05) is 30.3 Å². The van der Waals surface area contributed by atoms with Crippen LogP contribution in [0.1, 0.15) is 42.4 Å². The van der Waals surface area contributed by atoms with E-state index in [4.69, 9.17) is 25.9 Å². The smallest absolute Gasteiger partial charge is 0.257 e. The molecule has 0 spiro atoms. The highest BCUT2D eigenvalue weighted by molar-refractivity contribution is 6.30. The lowest BCUT2D eigenvalue weighted by Gasteiger charge is -2.22. The highest BCUT2D eigenvalue weighted by Gasteiger charge is 2.18. The van der Waals surface area contributed by atoms with Gasteiger partial charge in [-0.15, -0.1) is 0 Å². The number of hydrogen-bond donors (Lipinski definition) is 1. The van der Waals surface area contributed by atoms with Crippen LogP contribution in [0.3, 0.4) is 0 Å². The molecule has 0 radical (unpaired) electrons. The van der Waals surface area contributed by atoms with E-state index in [0.29, 0.717) is 29.8 Å². The molecule has 0 saturated carbocycles. The molecule has 1 aliphatic heterocycles. The predicted molar refractivity (Wildman–Crippen MR) is 124 cm³/mol. The molecule has 170 valence electrons. The summed E-state index contributed by atoms with van der Waals surface area (Å²) in [6, 6.07) is 13.5. The Kier molecular flexibility index (Phi) is 8.02. The normalized spacial score (nSPS) is 17.6. The molecule has 0 atom stereocenters. The maximum atomic E-state index is 12.1. The van der Waals surface area contributed by atoms with Crippen molar-refractivity contribution >= 4 is 23.2 Å². The Balaban J connectivity index is 1.28. The van der Waals surface area contributed by atoms with E-state index in [2.05, 4.69) is 10.5 Å². The van der Waals surface area contributed by atoms with Crippen molar-refractivity contribution in [2.75, 3.05) is 26.4 Å². The Hall–Kier alpha value is -2.57. The van der Waals surface area contributed by atoms with Crippen molar-refractivity contribution in [2.45, 2.75) is 38.7 Å². The van der Waals surface area contributed by atoms with Gasteiger partial charge in [-0.3, -0.25) is 4.79 Å². The first-order chi connectivity index (χ1) is 15.7. The number of nitrogens with zero attached hydrogens (tertiary/aromatic N) is 1. The minimum atomic E-state index is -0.0907. The van der Waals surface area contributed by atoms with Crippen LogP contribution in [0, 0.1) is 5.92 Å². The number of rotatable bonds is 8. The molecule has 1 saturated heterocycles. The van der Waals surface area contributed by atoms with E-state index in [-0.39, 0.29) is 12.5 Å². The molecule has 1 N–H and O–H groups in total. The number of hydrogen-bond acceptors (Lipinski definition) is 5. The van der Waals surface area contributed by atoms with Gasteiger partial charge < -0.3 is 19.6 Å². The van der Waals surface area contributed by atoms with Crippen molar-refractivity contribution in [3.05, 3.63) is 64.2 Å². The van der Waals surface area contributed by atoms with Gasteiger partial charge in [-0.25, -0.2) is 0 Å². The summed E-state index contributed by atoms with van der Waals surface area (Å²) in [5.74, 6) is 1.11. The van der Waals surface area contributed by atoms with E-state index >= 15 is 0 Å². The van der Waals surface area contributed by atoms with Gasteiger partial charge in [0.2, 0.25) is 0 Å². The summed E-state index contributed by atoms with van der Waals surface area (Å²) in [7, 11) is 0. The second kappa shape index (κ2) is 11.3. The van der Waals surface area contributed by atoms with E-state index in [9.17, 15) is 4.79 Å². The van der Waals surface area contributed by atoms with Crippen LogP contribution in [0.15, 0.2) is 47.6 Å². The van der Waals surface area contributed by atoms with Crippen LogP contribution in [0.4, 0.5) is 0 Å². The van der Waals surface area contributed by atoms with Crippen molar-refractivity contribution in [1.29, 1.82) is 0 Å². The molecule has 2 aliphatic rings. The maximum absolute atomic E-state index is 12.1. The summed E-state index contributed by atoms with van der Waals surface area (Å²) < 4.78 is 11.1. The molecule has 1 amide bonds. The van der Waals surface area contributed by atoms with Gasteiger partial charge in [-0.1, -0.05) is 28.9 Å². The molecule has 0 unspecified atom stereocenters. The van der Waals surface area contributed by atoms with Crippen molar-refractivity contribution in [3.63, 3.8) is 0 Å². The number of ether oxygens (including phenoxy) is 2. The molecular formula is C25H29ClN2O4. The standard InChI is InChI=1S/C25H29ClN2O4/c26-21-6-4-19(5-7-21)16-32-28-24-3-1-2-20-14-22(8-9-23(20)24)31-17-25(29)27-15-18-10-12-30-13-11-18/h4-9,14,18H,1-3,10-13,15-17H2,(H,27,29). The fourth-order valence-electron chi connectivity index (χ4n) is 4.00. The lowest BCUT2D eigenvalue weighted by atomic mass is 9.90. The number of halogens is 1. The summed E-state index contributed by atoms with van der Waals surface area (Å²) in [5, 5.41) is 8.06. The lowest BCUT2D eigenvalue weighted by Crippen LogP contribution is -2.35. The maximum Gasteiger partial charge on any atom is 0.257 e. The van der Waals surface area contributed by atoms with Gasteiger partial charge in [0.1, 0.15) is 12.4 Å². The van der Waals surface area contributed by atoms with Crippen LogP contribution in [0.5, 0.6) is 5.75 Å². The van der Waals surface area contributed by atoms with Gasteiger partial charge in [-0.05, 0) is 79.5 Å². The third kappa shape index (κ3) is 6.47. The fraction of sp³-hybridized carbons (Fsp3) is 0.440. The molecular weight excluding hydrogens is 428 g/mol. The molecule has 7 heteroatoms. The number of carbonyl (C=O) groups excluding carboxylic acids is 1. The van der Waals surface area contributed by atoms with Crippen molar-refractivity contribution < 1.29 is 19.1 Å². The topological polar surface area (TPSA) is 69.2 Å². The Morgan fingerprint density at radius 2 is 1.94 bits per heavy atom.